The van der Waals surface area contributed by atoms with Crippen molar-refractivity contribution in [3.05, 3.63) is 83.9 Å². The minimum Gasteiger partial charge on any atom is -0.299 e. The van der Waals surface area contributed by atoms with Gasteiger partial charge in [0.05, 0.1) is 5.69 Å². The Morgan fingerprint density at radius 2 is 1.80 bits per heavy atom. The van der Waals surface area contributed by atoms with E-state index < -0.39 is 0 Å². The van der Waals surface area contributed by atoms with E-state index in [1.165, 1.54) is 11.6 Å². The number of aromatic nitrogens is 2. The highest BCUT2D eigenvalue weighted by Gasteiger charge is 2.45. The van der Waals surface area contributed by atoms with E-state index in [1.54, 1.807) is 12.3 Å². The zero-order valence-electron chi connectivity index (χ0n) is 16.9. The number of benzene rings is 2. The molecule has 7 heteroatoms. The topological polar surface area (TPSA) is 24.3 Å². The van der Waals surface area contributed by atoms with Crippen LogP contribution in [0.4, 0.5) is 4.39 Å². The molecule has 1 aromatic heterocycles. The molecule has 0 amide bonds. The first-order valence-corrected chi connectivity index (χ1v) is 9.95. The predicted octanol–water partition coefficient (Wildman–Crippen LogP) is 4.59. The summed E-state index contributed by atoms with van der Waals surface area (Å²) in [6, 6.07) is 18.2. The van der Waals surface area contributed by atoms with Gasteiger partial charge in [-0.15, -0.1) is 24.8 Å². The average Bonchev–Trinajstić information content (AvgIpc) is 3.39. The average molecular weight is 449 g/mol. The summed E-state index contributed by atoms with van der Waals surface area (Å²) in [5, 5.41) is 4.34. The van der Waals surface area contributed by atoms with Gasteiger partial charge in [0.1, 0.15) is 5.82 Å². The summed E-state index contributed by atoms with van der Waals surface area (Å²) in [6.45, 7) is 3.98. The van der Waals surface area contributed by atoms with E-state index in [-0.39, 0.29) is 30.6 Å². The molecule has 2 aromatic carbocycles. The van der Waals surface area contributed by atoms with E-state index in [9.17, 15) is 4.39 Å². The third-order valence-corrected chi connectivity index (χ3v) is 6.30. The van der Waals surface area contributed by atoms with Crippen LogP contribution in [0.3, 0.4) is 0 Å². The lowest BCUT2D eigenvalue weighted by Gasteiger charge is -2.27. The van der Waals surface area contributed by atoms with Crippen LogP contribution in [-0.2, 0) is 6.54 Å². The molecule has 3 aromatic rings. The standard InChI is InChI=1S/C23H25FN4.2ClH/c1-26-13-19-15-27(16-21(19)23(26)17-6-3-2-4-7-17)14-18-12-20(24)8-9-22(18)28-11-5-10-25-28;;/h2-12,19,21,23H,13-16H2,1H3;2*1H/t19-,21+,23-;;/m0../s1. The molecule has 2 fully saturated rings. The summed E-state index contributed by atoms with van der Waals surface area (Å²) in [7, 11) is 2.24. The Kier molecular flexibility index (Phi) is 7.19. The van der Waals surface area contributed by atoms with Gasteiger partial charge in [-0.2, -0.15) is 5.10 Å². The van der Waals surface area contributed by atoms with Gasteiger partial charge >= 0.3 is 0 Å². The maximum Gasteiger partial charge on any atom is 0.123 e. The monoisotopic (exact) mass is 448 g/mol. The fraction of sp³-hybridized carbons (Fsp3) is 0.348. The lowest BCUT2D eigenvalue weighted by Crippen LogP contribution is -2.29. The zero-order chi connectivity index (χ0) is 19.1. The first-order valence-electron chi connectivity index (χ1n) is 9.95. The summed E-state index contributed by atoms with van der Waals surface area (Å²) in [4.78, 5) is 4.99. The van der Waals surface area contributed by atoms with E-state index >= 15 is 0 Å². The lowest BCUT2D eigenvalue weighted by atomic mass is 9.90. The van der Waals surface area contributed by atoms with Crippen LogP contribution in [0.5, 0.6) is 0 Å². The van der Waals surface area contributed by atoms with Gasteiger partial charge in [0, 0.05) is 44.6 Å². The molecule has 30 heavy (non-hydrogen) atoms. The zero-order valence-corrected chi connectivity index (χ0v) is 18.5. The van der Waals surface area contributed by atoms with Gasteiger partial charge in [-0.1, -0.05) is 30.3 Å². The van der Waals surface area contributed by atoms with Gasteiger partial charge in [0.25, 0.3) is 0 Å². The van der Waals surface area contributed by atoms with Crippen molar-refractivity contribution in [2.24, 2.45) is 11.8 Å². The van der Waals surface area contributed by atoms with E-state index in [4.69, 9.17) is 0 Å². The van der Waals surface area contributed by atoms with Crippen LogP contribution < -0.4 is 0 Å². The number of halogens is 3. The van der Waals surface area contributed by atoms with E-state index in [1.807, 2.05) is 23.0 Å². The van der Waals surface area contributed by atoms with Gasteiger partial charge in [-0.25, -0.2) is 9.07 Å². The number of nitrogens with zero attached hydrogens (tertiary/aromatic N) is 4. The molecule has 160 valence electrons. The molecule has 2 aliphatic heterocycles. The molecule has 3 atom stereocenters. The number of likely N-dealkylation sites (tertiary alicyclic amines) is 2. The van der Waals surface area contributed by atoms with Gasteiger partial charge < -0.3 is 0 Å². The molecular formula is C23H27Cl2FN4. The Balaban J connectivity index is 0.00000128. The molecule has 0 saturated carbocycles. The van der Waals surface area contributed by atoms with Crippen LogP contribution in [0.25, 0.3) is 5.69 Å². The van der Waals surface area contributed by atoms with Crippen LogP contribution in [0.1, 0.15) is 17.2 Å². The second kappa shape index (κ2) is 9.48. The third-order valence-electron chi connectivity index (χ3n) is 6.30. The fourth-order valence-corrected chi connectivity index (χ4v) is 5.19. The minimum atomic E-state index is -0.188. The van der Waals surface area contributed by atoms with Crippen LogP contribution in [0, 0.1) is 17.7 Å². The molecule has 2 saturated heterocycles. The van der Waals surface area contributed by atoms with E-state index in [2.05, 4.69) is 52.3 Å². The number of rotatable bonds is 4. The van der Waals surface area contributed by atoms with Gasteiger partial charge in [-0.3, -0.25) is 9.80 Å². The van der Waals surface area contributed by atoms with Crippen molar-refractivity contribution in [3.8, 4) is 5.69 Å². The van der Waals surface area contributed by atoms with E-state index in [0.717, 1.165) is 37.4 Å². The maximum absolute atomic E-state index is 14.0. The van der Waals surface area contributed by atoms with Crippen molar-refractivity contribution in [2.75, 3.05) is 26.7 Å². The first-order chi connectivity index (χ1) is 13.7. The SMILES string of the molecule is CN1C[C@H]2CN(Cc3cc(F)ccc3-n3cccn3)C[C@H]2[C@@H]1c1ccccc1.Cl.Cl. The number of fused-ring (bicyclic) bond motifs is 1. The van der Waals surface area contributed by atoms with Crippen LogP contribution >= 0.6 is 24.8 Å². The largest absolute Gasteiger partial charge is 0.299 e. The van der Waals surface area contributed by atoms with Crippen LogP contribution in [0.15, 0.2) is 67.0 Å². The number of hydrogen-bond acceptors (Lipinski definition) is 3. The molecule has 2 aliphatic rings. The highest BCUT2D eigenvalue weighted by atomic mass is 35.5. The summed E-state index contributed by atoms with van der Waals surface area (Å²) in [6.07, 6.45) is 3.67. The van der Waals surface area contributed by atoms with Crippen molar-refractivity contribution in [1.82, 2.24) is 19.6 Å². The molecule has 5 rings (SSSR count). The molecule has 0 bridgehead atoms. The first kappa shape index (κ1) is 22.8. The Bertz CT molecular complexity index is 951. The molecule has 0 aliphatic carbocycles. The van der Waals surface area contributed by atoms with Crippen molar-refractivity contribution in [1.29, 1.82) is 0 Å². The second-order valence-corrected chi connectivity index (χ2v) is 8.14. The molecule has 0 spiro atoms. The molecule has 4 nitrogen and oxygen atoms in total. The van der Waals surface area contributed by atoms with Gasteiger partial charge in [0.2, 0.25) is 0 Å². The maximum atomic E-state index is 14.0. The minimum absolute atomic E-state index is 0. The van der Waals surface area contributed by atoms with Crippen molar-refractivity contribution >= 4 is 24.8 Å². The Morgan fingerprint density at radius 3 is 2.53 bits per heavy atom. The summed E-state index contributed by atoms with van der Waals surface area (Å²) in [5.74, 6) is 1.10. The predicted molar refractivity (Wildman–Crippen MR) is 122 cm³/mol. The van der Waals surface area contributed by atoms with E-state index in [0.29, 0.717) is 17.9 Å². The quantitative estimate of drug-likeness (QED) is 0.583. The normalized spacial score (nSPS) is 23.6. The molecular weight excluding hydrogens is 422 g/mol. The Labute approximate surface area is 189 Å². The fourth-order valence-electron chi connectivity index (χ4n) is 5.19. The Morgan fingerprint density at radius 1 is 1.00 bits per heavy atom. The van der Waals surface area contributed by atoms with Gasteiger partial charge in [-0.05, 0) is 54.3 Å². The van der Waals surface area contributed by atoms with Gasteiger partial charge in [0.15, 0.2) is 0 Å². The molecule has 0 N–H and O–H groups in total. The van der Waals surface area contributed by atoms with Crippen molar-refractivity contribution in [3.63, 3.8) is 0 Å². The summed E-state index contributed by atoms with van der Waals surface area (Å²) < 4.78 is 15.8. The van der Waals surface area contributed by atoms with Crippen LogP contribution in [0.2, 0.25) is 0 Å². The smallest absolute Gasteiger partial charge is 0.123 e. The summed E-state index contributed by atoms with van der Waals surface area (Å²) in [5.41, 5.74) is 3.36. The second-order valence-electron chi connectivity index (χ2n) is 8.14. The van der Waals surface area contributed by atoms with Crippen molar-refractivity contribution in [2.45, 2.75) is 12.6 Å². The van der Waals surface area contributed by atoms with Crippen LogP contribution in [-0.4, -0.2) is 46.3 Å². The highest BCUT2D eigenvalue weighted by molar-refractivity contribution is 5.85. The number of hydrogen-bond donors (Lipinski definition) is 0. The molecule has 0 radical (unpaired) electrons. The lowest BCUT2D eigenvalue weighted by molar-refractivity contribution is 0.224. The molecule has 3 heterocycles. The summed E-state index contributed by atoms with van der Waals surface area (Å²) >= 11 is 0. The Hall–Kier alpha value is -1.92. The molecule has 0 unspecified atom stereocenters. The van der Waals surface area contributed by atoms with Crippen molar-refractivity contribution < 1.29 is 4.39 Å². The third kappa shape index (κ3) is 4.26. The highest BCUT2D eigenvalue weighted by Crippen LogP contribution is 2.44.